The zero-order valence-electron chi connectivity index (χ0n) is 24.7. The van der Waals surface area contributed by atoms with Gasteiger partial charge in [0.25, 0.3) is 0 Å². The van der Waals surface area contributed by atoms with Crippen molar-refractivity contribution in [2.45, 2.75) is 110 Å². The van der Waals surface area contributed by atoms with Crippen LogP contribution < -0.4 is 0 Å². The van der Waals surface area contributed by atoms with E-state index < -0.39 is 17.1 Å². The molecule has 5 nitrogen and oxygen atoms in total. The van der Waals surface area contributed by atoms with Crippen LogP contribution in [0.4, 0.5) is 0 Å². The summed E-state index contributed by atoms with van der Waals surface area (Å²) in [7, 11) is 0. The molecule has 4 N–H and O–H groups in total. The summed E-state index contributed by atoms with van der Waals surface area (Å²) in [6.45, 7) is 12.2. The van der Waals surface area contributed by atoms with Gasteiger partial charge in [-0.15, -0.1) is 0 Å². The molecule has 3 saturated carbocycles. The molecule has 0 aromatic carbocycles. The van der Waals surface area contributed by atoms with Crippen LogP contribution >= 0.6 is 0 Å². The zero-order chi connectivity index (χ0) is 28.8. The molecule has 5 heteroatoms. The van der Waals surface area contributed by atoms with Crippen LogP contribution in [0.3, 0.4) is 0 Å². The van der Waals surface area contributed by atoms with Crippen LogP contribution in [-0.2, 0) is 4.79 Å². The van der Waals surface area contributed by atoms with E-state index in [1.165, 1.54) is 18.4 Å². The molecule has 218 valence electrons. The van der Waals surface area contributed by atoms with E-state index in [4.69, 9.17) is 0 Å². The highest BCUT2D eigenvalue weighted by molar-refractivity contribution is 5.74. The summed E-state index contributed by atoms with van der Waals surface area (Å²) in [5.74, 6) is -0.496. The number of aliphatic hydroxyl groups excluding tert-OH is 3. The normalized spacial score (nSPS) is 34.1. The van der Waals surface area contributed by atoms with Crippen molar-refractivity contribution in [1.29, 1.82) is 0 Å². The smallest absolute Gasteiger partial charge is 0.145 e. The fourth-order valence-corrected chi connectivity index (χ4v) is 8.03. The van der Waals surface area contributed by atoms with Gasteiger partial charge in [-0.3, -0.25) is 4.79 Å². The van der Waals surface area contributed by atoms with Crippen molar-refractivity contribution in [3.05, 3.63) is 58.7 Å². The minimum atomic E-state index is -1.13. The highest BCUT2D eigenvalue weighted by Gasteiger charge is 2.63. The van der Waals surface area contributed by atoms with E-state index in [1.807, 2.05) is 26.0 Å². The Labute approximate surface area is 236 Å². The van der Waals surface area contributed by atoms with Crippen molar-refractivity contribution >= 4 is 6.29 Å². The molecule has 0 saturated heterocycles. The van der Waals surface area contributed by atoms with E-state index in [0.717, 1.165) is 42.3 Å². The van der Waals surface area contributed by atoms with Gasteiger partial charge in [-0.05, 0) is 114 Å². The molecule has 5 atom stereocenters. The van der Waals surface area contributed by atoms with Gasteiger partial charge in [0.05, 0.1) is 18.3 Å². The van der Waals surface area contributed by atoms with Crippen LogP contribution in [0.1, 0.15) is 98.3 Å². The van der Waals surface area contributed by atoms with Crippen LogP contribution in [0.2, 0.25) is 0 Å². The van der Waals surface area contributed by atoms with Gasteiger partial charge in [0.2, 0.25) is 0 Å². The van der Waals surface area contributed by atoms with E-state index >= 15 is 0 Å². The van der Waals surface area contributed by atoms with Crippen molar-refractivity contribution in [3.63, 3.8) is 0 Å². The molecular formula is C34H52O5. The molecule has 0 aromatic rings. The second-order valence-electron chi connectivity index (χ2n) is 12.9. The summed E-state index contributed by atoms with van der Waals surface area (Å²) in [6.07, 6.45) is 17.5. The molecule has 0 aromatic heterocycles. The van der Waals surface area contributed by atoms with Gasteiger partial charge < -0.3 is 20.4 Å². The van der Waals surface area contributed by atoms with Crippen LogP contribution in [0.25, 0.3) is 0 Å². The number of carbonyl (C=O) groups is 1. The van der Waals surface area contributed by atoms with Gasteiger partial charge in [0, 0.05) is 17.9 Å². The third-order valence-corrected chi connectivity index (χ3v) is 10.4. The lowest BCUT2D eigenvalue weighted by Gasteiger charge is -2.55. The maximum atomic E-state index is 12.0. The minimum Gasteiger partial charge on any atom is -0.396 e. The third kappa shape index (κ3) is 6.27. The Kier molecular flexibility index (Phi) is 10.8. The Morgan fingerprint density at radius 2 is 1.79 bits per heavy atom. The fourth-order valence-electron chi connectivity index (χ4n) is 8.03. The average molecular weight is 541 g/mol. The number of allylic oxidation sites excluding steroid dienone is 8. The van der Waals surface area contributed by atoms with E-state index in [9.17, 15) is 25.2 Å². The zero-order valence-corrected chi connectivity index (χ0v) is 24.7. The van der Waals surface area contributed by atoms with E-state index in [1.54, 1.807) is 0 Å². The lowest BCUT2D eigenvalue weighted by Crippen LogP contribution is -2.59. The van der Waals surface area contributed by atoms with Crippen LogP contribution in [0, 0.1) is 22.7 Å². The second kappa shape index (κ2) is 13.2. The molecule has 3 aliphatic carbocycles. The lowest BCUT2D eigenvalue weighted by molar-refractivity contribution is -0.167. The molecule has 0 heterocycles. The first kappa shape index (κ1) is 31.7. The van der Waals surface area contributed by atoms with Gasteiger partial charge in [0.15, 0.2) is 0 Å². The van der Waals surface area contributed by atoms with Gasteiger partial charge >= 0.3 is 0 Å². The second-order valence-corrected chi connectivity index (χ2v) is 12.9. The largest absolute Gasteiger partial charge is 0.396 e. The molecule has 0 amide bonds. The Bertz CT molecular complexity index is 1000. The maximum absolute atomic E-state index is 12.0. The number of carbonyl (C=O) groups excluding carboxylic acids is 1. The summed E-state index contributed by atoms with van der Waals surface area (Å²) in [4.78, 5) is 11.8. The predicted octanol–water partition coefficient (Wildman–Crippen LogP) is 6.14. The van der Waals surface area contributed by atoms with Crippen molar-refractivity contribution in [1.82, 2.24) is 0 Å². The van der Waals surface area contributed by atoms with Crippen molar-refractivity contribution in [2.75, 3.05) is 13.2 Å². The fraction of sp³-hybridized carbons (Fsp3) is 0.676. The number of hydrogen-bond donors (Lipinski definition) is 4. The van der Waals surface area contributed by atoms with Gasteiger partial charge in [-0.25, -0.2) is 0 Å². The highest BCUT2D eigenvalue weighted by Crippen LogP contribution is 2.63. The van der Waals surface area contributed by atoms with E-state index in [0.29, 0.717) is 44.1 Å². The van der Waals surface area contributed by atoms with Crippen molar-refractivity contribution in [3.8, 4) is 0 Å². The Hall–Kier alpha value is -1.79. The van der Waals surface area contributed by atoms with E-state index in [2.05, 4.69) is 32.6 Å². The molecule has 39 heavy (non-hydrogen) atoms. The summed E-state index contributed by atoms with van der Waals surface area (Å²) in [5, 5.41) is 43.7. The summed E-state index contributed by atoms with van der Waals surface area (Å²) in [6, 6.07) is 0. The number of aldehydes is 1. The number of hydrogen-bond acceptors (Lipinski definition) is 5. The Balaban J connectivity index is 1.91. The van der Waals surface area contributed by atoms with Gasteiger partial charge in [-0.1, -0.05) is 54.9 Å². The van der Waals surface area contributed by atoms with Crippen LogP contribution in [0.15, 0.2) is 58.7 Å². The standard InChI is InChI=1S/C34H52O5/c1-24(2)13-19-33(16-6-7-17-33)26(4)10-8-11-27(23-37)29-15-20-34(31(29)38)30(12-9-21-35)28(25(3)22-36)14-18-32(34,5)39/h8,10-11,13,22,29-31,35,37-39H,4,6-7,9,12,14-21,23H2,1-3,5H3/b10-8+,27-11-,28-25-/t29-,30-,31+,32+,34+/m0/s1. The minimum absolute atomic E-state index is 0.0211. The number of aliphatic hydroxyl groups is 4. The Morgan fingerprint density at radius 3 is 2.38 bits per heavy atom. The van der Waals surface area contributed by atoms with Gasteiger partial charge in [-0.2, -0.15) is 0 Å². The molecule has 0 bridgehead atoms. The summed E-state index contributed by atoms with van der Waals surface area (Å²) < 4.78 is 0. The molecule has 0 radical (unpaired) electrons. The van der Waals surface area contributed by atoms with Crippen molar-refractivity contribution in [2.24, 2.45) is 22.7 Å². The first-order valence-electron chi connectivity index (χ1n) is 15.0. The molecule has 1 spiro atoms. The summed E-state index contributed by atoms with van der Waals surface area (Å²) >= 11 is 0. The molecular weight excluding hydrogens is 488 g/mol. The summed E-state index contributed by atoms with van der Waals surface area (Å²) in [5.41, 5.74) is 2.98. The SMILES string of the molecule is C=C(/C=C/C=C(/CO)[C@@H]1CC[C@]2([C@@H]1O)[C@@H](CCCO)/C(=C(/C)C=O)CC[C@@]2(C)O)C1(CC=C(C)C)CCCC1. The van der Waals surface area contributed by atoms with Crippen LogP contribution in [-0.4, -0.2) is 51.6 Å². The average Bonchev–Trinajstić information content (AvgIpc) is 3.52. The molecule has 0 aliphatic heterocycles. The van der Waals surface area contributed by atoms with E-state index in [-0.39, 0.29) is 30.5 Å². The quantitative estimate of drug-likeness (QED) is 0.109. The van der Waals surface area contributed by atoms with Crippen molar-refractivity contribution < 1.29 is 25.2 Å². The highest BCUT2D eigenvalue weighted by atomic mass is 16.3. The number of rotatable bonds is 11. The Morgan fingerprint density at radius 1 is 1.10 bits per heavy atom. The molecule has 0 unspecified atom stereocenters. The maximum Gasteiger partial charge on any atom is 0.145 e. The topological polar surface area (TPSA) is 98.0 Å². The first-order valence-corrected chi connectivity index (χ1v) is 15.0. The van der Waals surface area contributed by atoms with Crippen LogP contribution in [0.5, 0.6) is 0 Å². The molecule has 3 rings (SSSR count). The predicted molar refractivity (Wildman–Crippen MR) is 158 cm³/mol. The van der Waals surface area contributed by atoms with Gasteiger partial charge in [0.1, 0.15) is 6.29 Å². The third-order valence-electron chi connectivity index (χ3n) is 10.4. The first-order chi connectivity index (χ1) is 18.5. The lowest BCUT2D eigenvalue weighted by atomic mass is 9.52. The monoisotopic (exact) mass is 540 g/mol. The molecule has 3 aliphatic rings. The molecule has 3 fully saturated rings.